The number of amides is 1. The molecule has 1 fully saturated rings. The van der Waals surface area contributed by atoms with E-state index in [1.165, 1.54) is 0 Å². The van der Waals surface area contributed by atoms with Crippen LogP contribution in [0.3, 0.4) is 0 Å². The number of para-hydroxylation sites is 1. The van der Waals surface area contributed by atoms with Crippen molar-refractivity contribution in [2.45, 2.75) is 13.0 Å². The van der Waals surface area contributed by atoms with Gasteiger partial charge in [0.15, 0.2) is 5.76 Å². The molecule has 4 rings (SSSR count). The van der Waals surface area contributed by atoms with Crippen LogP contribution in [0.25, 0.3) is 11.3 Å². The highest BCUT2D eigenvalue weighted by Gasteiger charge is 2.31. The van der Waals surface area contributed by atoms with Crippen molar-refractivity contribution in [1.29, 1.82) is 0 Å². The van der Waals surface area contributed by atoms with Crippen LogP contribution in [-0.4, -0.2) is 47.2 Å². The lowest BCUT2D eigenvalue weighted by atomic mass is 10.0. The molecule has 3 aromatic rings. The van der Waals surface area contributed by atoms with E-state index in [-0.39, 0.29) is 11.7 Å². The van der Waals surface area contributed by atoms with E-state index >= 15 is 0 Å². The van der Waals surface area contributed by atoms with Gasteiger partial charge in [-0.1, -0.05) is 47.1 Å². The van der Waals surface area contributed by atoms with Crippen LogP contribution in [0.15, 0.2) is 59.1 Å². The van der Waals surface area contributed by atoms with Crippen molar-refractivity contribution in [1.82, 2.24) is 10.1 Å². The van der Waals surface area contributed by atoms with Crippen LogP contribution < -0.4 is 4.90 Å². The Balaban J connectivity index is 1.58. The van der Waals surface area contributed by atoms with Gasteiger partial charge < -0.3 is 19.4 Å². The average Bonchev–Trinajstić information content (AvgIpc) is 3.20. The molecule has 0 bridgehead atoms. The third kappa shape index (κ3) is 3.99. The summed E-state index contributed by atoms with van der Waals surface area (Å²) in [5.74, 6) is 0.00486. The van der Waals surface area contributed by atoms with Crippen molar-refractivity contribution in [3.63, 3.8) is 0 Å². The molecule has 150 valence electrons. The topological polar surface area (TPSA) is 69.8 Å². The largest absolute Gasteiger partial charge is 0.385 e. The van der Waals surface area contributed by atoms with Crippen LogP contribution in [-0.2, 0) is 0 Å². The molecule has 1 aromatic heterocycles. The molecular formula is C22H22ClN3O3. The molecule has 2 heterocycles. The van der Waals surface area contributed by atoms with E-state index in [4.69, 9.17) is 16.1 Å². The number of aromatic nitrogens is 1. The molecule has 1 saturated heterocycles. The van der Waals surface area contributed by atoms with E-state index in [0.29, 0.717) is 29.4 Å². The van der Waals surface area contributed by atoms with E-state index in [1.807, 2.05) is 18.2 Å². The van der Waals surface area contributed by atoms with E-state index < -0.39 is 6.10 Å². The van der Waals surface area contributed by atoms with Crippen LogP contribution in [0.2, 0.25) is 5.02 Å². The van der Waals surface area contributed by atoms with Crippen molar-refractivity contribution in [3.05, 3.63) is 70.9 Å². The summed E-state index contributed by atoms with van der Waals surface area (Å²) in [7, 11) is 0. The normalized spacial score (nSPS) is 15.4. The fourth-order valence-electron chi connectivity index (χ4n) is 3.56. The number of aliphatic hydroxyl groups excluding tert-OH is 1. The molecule has 0 aliphatic carbocycles. The smallest absolute Gasteiger partial charge is 0.259 e. The quantitative estimate of drug-likeness (QED) is 0.702. The summed E-state index contributed by atoms with van der Waals surface area (Å²) in [6, 6.07) is 17.2. The zero-order valence-electron chi connectivity index (χ0n) is 16.1. The second-order valence-electron chi connectivity index (χ2n) is 7.07. The Morgan fingerprint density at radius 2 is 1.72 bits per heavy atom. The lowest BCUT2D eigenvalue weighted by Crippen LogP contribution is -2.49. The number of carbonyl (C=O) groups excluding carboxylic acids is 1. The maximum atomic E-state index is 13.4. The SMILES string of the molecule is C[C@H](O)c1onc(-c2ccc(Cl)cc2)c1C(=O)N1CCN(c2ccccc2)CC1. The van der Waals surface area contributed by atoms with Crippen LogP contribution in [0.4, 0.5) is 5.69 Å². The molecule has 0 saturated carbocycles. The Bertz CT molecular complexity index is 978. The number of hydrogen-bond donors (Lipinski definition) is 1. The first-order chi connectivity index (χ1) is 14.0. The number of nitrogens with zero attached hydrogens (tertiary/aromatic N) is 3. The summed E-state index contributed by atoms with van der Waals surface area (Å²) in [6.45, 7) is 4.20. The van der Waals surface area contributed by atoms with Gasteiger partial charge in [0.25, 0.3) is 5.91 Å². The monoisotopic (exact) mass is 411 g/mol. The molecule has 6 nitrogen and oxygen atoms in total. The average molecular weight is 412 g/mol. The van der Waals surface area contributed by atoms with Crippen LogP contribution in [0.1, 0.15) is 29.1 Å². The Morgan fingerprint density at radius 1 is 1.07 bits per heavy atom. The van der Waals surface area contributed by atoms with Gasteiger partial charge in [0.2, 0.25) is 0 Å². The Labute approximate surface area is 174 Å². The second-order valence-corrected chi connectivity index (χ2v) is 7.50. The summed E-state index contributed by atoms with van der Waals surface area (Å²) in [5.41, 5.74) is 2.61. The maximum absolute atomic E-state index is 13.4. The zero-order valence-corrected chi connectivity index (χ0v) is 16.8. The van der Waals surface area contributed by atoms with E-state index in [9.17, 15) is 9.90 Å². The predicted octanol–water partition coefficient (Wildman–Crippen LogP) is 4.01. The minimum atomic E-state index is -0.937. The first-order valence-electron chi connectivity index (χ1n) is 9.57. The Morgan fingerprint density at radius 3 is 2.34 bits per heavy atom. The van der Waals surface area contributed by atoms with Crippen molar-refractivity contribution in [2.75, 3.05) is 31.1 Å². The second kappa shape index (κ2) is 8.27. The van der Waals surface area contributed by atoms with E-state index in [1.54, 1.807) is 36.1 Å². The molecule has 0 radical (unpaired) electrons. The third-order valence-corrected chi connectivity index (χ3v) is 5.37. The number of carbonyl (C=O) groups is 1. The van der Waals surface area contributed by atoms with Gasteiger partial charge in [0, 0.05) is 42.5 Å². The Hall–Kier alpha value is -2.83. The van der Waals surface area contributed by atoms with E-state index in [0.717, 1.165) is 24.3 Å². The van der Waals surface area contributed by atoms with Gasteiger partial charge in [-0.3, -0.25) is 4.79 Å². The summed E-state index contributed by atoms with van der Waals surface area (Å²) in [6.07, 6.45) is -0.937. The zero-order chi connectivity index (χ0) is 20.4. The molecule has 0 spiro atoms. The molecular weight excluding hydrogens is 390 g/mol. The molecule has 1 amide bonds. The minimum absolute atomic E-state index is 0.181. The first kappa shape index (κ1) is 19.5. The number of hydrogen-bond acceptors (Lipinski definition) is 5. The molecule has 1 atom stereocenters. The van der Waals surface area contributed by atoms with Crippen molar-refractivity contribution >= 4 is 23.2 Å². The Kier molecular flexibility index (Phi) is 5.56. The van der Waals surface area contributed by atoms with Gasteiger partial charge in [-0.2, -0.15) is 0 Å². The summed E-state index contributed by atoms with van der Waals surface area (Å²) in [5, 5.41) is 14.8. The van der Waals surface area contributed by atoms with Gasteiger partial charge in [-0.05, 0) is 31.2 Å². The fraction of sp³-hybridized carbons (Fsp3) is 0.273. The van der Waals surface area contributed by atoms with Crippen LogP contribution in [0, 0.1) is 0 Å². The van der Waals surface area contributed by atoms with Gasteiger partial charge >= 0.3 is 0 Å². The molecule has 0 unspecified atom stereocenters. The highest BCUT2D eigenvalue weighted by Crippen LogP contribution is 2.31. The lowest BCUT2D eigenvalue weighted by molar-refractivity contribution is 0.0735. The van der Waals surface area contributed by atoms with Crippen molar-refractivity contribution in [3.8, 4) is 11.3 Å². The molecule has 1 aliphatic rings. The van der Waals surface area contributed by atoms with E-state index in [2.05, 4.69) is 22.2 Å². The first-order valence-corrected chi connectivity index (χ1v) is 9.95. The summed E-state index contributed by atoms with van der Waals surface area (Å²) >= 11 is 5.98. The van der Waals surface area contributed by atoms with Gasteiger partial charge in [0.05, 0.1) is 0 Å². The highest BCUT2D eigenvalue weighted by molar-refractivity contribution is 6.30. The fourth-order valence-corrected chi connectivity index (χ4v) is 3.69. The van der Waals surface area contributed by atoms with Crippen molar-refractivity contribution in [2.24, 2.45) is 0 Å². The third-order valence-electron chi connectivity index (χ3n) is 5.12. The standard InChI is InChI=1S/C22H22ClN3O3/c1-15(27)21-19(20(24-29-21)16-7-9-17(23)10-8-16)22(28)26-13-11-25(12-14-26)18-5-3-2-4-6-18/h2-10,15,27H,11-14H2,1H3/t15-/m0/s1. The summed E-state index contributed by atoms with van der Waals surface area (Å²) < 4.78 is 5.35. The molecule has 2 aromatic carbocycles. The molecule has 1 N–H and O–H groups in total. The number of piperazine rings is 1. The molecule has 29 heavy (non-hydrogen) atoms. The number of rotatable bonds is 4. The minimum Gasteiger partial charge on any atom is -0.385 e. The van der Waals surface area contributed by atoms with Gasteiger partial charge in [0.1, 0.15) is 17.4 Å². The number of benzene rings is 2. The number of halogens is 1. The van der Waals surface area contributed by atoms with Crippen LogP contribution >= 0.6 is 11.6 Å². The predicted molar refractivity (Wildman–Crippen MR) is 112 cm³/mol. The van der Waals surface area contributed by atoms with Crippen molar-refractivity contribution < 1.29 is 14.4 Å². The highest BCUT2D eigenvalue weighted by atomic mass is 35.5. The van der Waals surface area contributed by atoms with Crippen LogP contribution in [0.5, 0.6) is 0 Å². The maximum Gasteiger partial charge on any atom is 0.259 e. The van der Waals surface area contributed by atoms with Gasteiger partial charge in [-0.15, -0.1) is 0 Å². The number of aliphatic hydroxyl groups is 1. The molecule has 1 aliphatic heterocycles. The summed E-state index contributed by atoms with van der Waals surface area (Å²) in [4.78, 5) is 17.4. The van der Waals surface area contributed by atoms with Gasteiger partial charge in [-0.25, -0.2) is 0 Å². The lowest BCUT2D eigenvalue weighted by Gasteiger charge is -2.36. The molecule has 7 heteroatoms. The number of anilines is 1.